The fraction of sp³-hybridized carbons (Fsp3) is 0.450. The Labute approximate surface area is 179 Å². The lowest BCUT2D eigenvalue weighted by Gasteiger charge is -2.26. The summed E-state index contributed by atoms with van der Waals surface area (Å²) in [6.45, 7) is 4.89. The van der Waals surface area contributed by atoms with E-state index in [1.54, 1.807) is 23.6 Å². The zero-order chi connectivity index (χ0) is 21.3. The van der Waals surface area contributed by atoms with Gasteiger partial charge in [-0.05, 0) is 25.1 Å². The van der Waals surface area contributed by atoms with Crippen molar-refractivity contribution in [3.63, 3.8) is 0 Å². The SMILES string of the molecule is COc1cc(OC)cc(C(=O)Nc2nc(C(=O)NCCCN3CCOCC3)cs2)c1. The smallest absolute Gasteiger partial charge is 0.270 e. The van der Waals surface area contributed by atoms with Crippen molar-refractivity contribution < 1.29 is 23.8 Å². The standard InChI is InChI=1S/C20H26N4O5S/c1-27-15-10-14(11-16(12-15)28-2)18(25)23-20-22-17(13-30-20)19(26)21-4-3-5-24-6-8-29-9-7-24/h10-13H,3-9H2,1-2H3,(H,21,26)(H,22,23,25). The van der Waals surface area contributed by atoms with Crippen molar-refractivity contribution in [3.8, 4) is 11.5 Å². The summed E-state index contributed by atoms with van der Waals surface area (Å²) in [5, 5.41) is 7.55. The number of carbonyl (C=O) groups is 2. The van der Waals surface area contributed by atoms with E-state index in [4.69, 9.17) is 14.2 Å². The van der Waals surface area contributed by atoms with E-state index in [9.17, 15) is 9.59 Å². The molecule has 10 heteroatoms. The van der Waals surface area contributed by atoms with Gasteiger partial charge in [0.1, 0.15) is 17.2 Å². The van der Waals surface area contributed by atoms with Gasteiger partial charge in [-0.25, -0.2) is 4.98 Å². The minimum absolute atomic E-state index is 0.253. The van der Waals surface area contributed by atoms with Crippen molar-refractivity contribution in [2.75, 3.05) is 58.9 Å². The van der Waals surface area contributed by atoms with Crippen LogP contribution in [0.5, 0.6) is 11.5 Å². The number of anilines is 1. The molecule has 2 N–H and O–H groups in total. The van der Waals surface area contributed by atoms with Gasteiger partial charge < -0.3 is 19.5 Å². The van der Waals surface area contributed by atoms with Crippen molar-refractivity contribution in [2.45, 2.75) is 6.42 Å². The minimum Gasteiger partial charge on any atom is -0.497 e. The van der Waals surface area contributed by atoms with Gasteiger partial charge in [0, 0.05) is 36.6 Å². The first-order chi connectivity index (χ1) is 14.6. The van der Waals surface area contributed by atoms with Gasteiger partial charge in [-0.1, -0.05) is 0 Å². The van der Waals surface area contributed by atoms with Gasteiger partial charge in [0.25, 0.3) is 11.8 Å². The third-order valence-electron chi connectivity index (χ3n) is 4.61. The Morgan fingerprint density at radius 2 is 1.83 bits per heavy atom. The number of hydrogen-bond donors (Lipinski definition) is 2. The number of hydrogen-bond acceptors (Lipinski definition) is 8. The number of carbonyl (C=O) groups excluding carboxylic acids is 2. The number of aromatic nitrogens is 1. The van der Waals surface area contributed by atoms with Crippen molar-refractivity contribution in [2.24, 2.45) is 0 Å². The van der Waals surface area contributed by atoms with E-state index in [0.717, 1.165) is 39.3 Å². The molecule has 162 valence electrons. The molecule has 1 fully saturated rings. The quantitative estimate of drug-likeness (QED) is 0.581. The van der Waals surface area contributed by atoms with Crippen molar-refractivity contribution in [1.29, 1.82) is 0 Å². The first-order valence-electron chi connectivity index (χ1n) is 9.67. The maximum absolute atomic E-state index is 12.5. The Morgan fingerprint density at radius 1 is 1.13 bits per heavy atom. The summed E-state index contributed by atoms with van der Waals surface area (Å²) in [5.74, 6) is 0.405. The van der Waals surface area contributed by atoms with Gasteiger partial charge >= 0.3 is 0 Å². The molecule has 0 aliphatic carbocycles. The van der Waals surface area contributed by atoms with Gasteiger partial charge in [0.2, 0.25) is 0 Å². The van der Waals surface area contributed by atoms with Crippen LogP contribution in [-0.4, -0.2) is 75.3 Å². The highest BCUT2D eigenvalue weighted by molar-refractivity contribution is 7.14. The van der Waals surface area contributed by atoms with Gasteiger partial charge in [-0.15, -0.1) is 11.3 Å². The van der Waals surface area contributed by atoms with Crippen molar-refractivity contribution in [3.05, 3.63) is 34.8 Å². The minimum atomic E-state index is -0.362. The molecule has 1 aliphatic rings. The molecule has 9 nitrogen and oxygen atoms in total. The van der Waals surface area contributed by atoms with E-state index >= 15 is 0 Å². The lowest BCUT2D eigenvalue weighted by atomic mass is 10.2. The summed E-state index contributed by atoms with van der Waals surface area (Å²) in [6.07, 6.45) is 0.858. The van der Waals surface area contributed by atoms with Crippen LogP contribution in [0.3, 0.4) is 0 Å². The fourth-order valence-electron chi connectivity index (χ4n) is 2.96. The van der Waals surface area contributed by atoms with E-state index < -0.39 is 0 Å². The summed E-state index contributed by atoms with van der Waals surface area (Å²) in [6, 6.07) is 4.89. The highest BCUT2D eigenvalue weighted by Gasteiger charge is 2.15. The van der Waals surface area contributed by atoms with Crippen LogP contribution in [0, 0.1) is 0 Å². The molecule has 1 aromatic heterocycles. The Kier molecular flexibility index (Phi) is 8.00. The van der Waals surface area contributed by atoms with Gasteiger partial charge in [0.05, 0.1) is 27.4 Å². The third-order valence-corrected chi connectivity index (χ3v) is 5.37. The van der Waals surface area contributed by atoms with E-state index in [-0.39, 0.29) is 17.5 Å². The summed E-state index contributed by atoms with van der Waals surface area (Å²) < 4.78 is 15.7. The summed E-state index contributed by atoms with van der Waals surface area (Å²) in [5.41, 5.74) is 0.653. The molecule has 3 rings (SSSR count). The molecule has 0 unspecified atom stereocenters. The third kappa shape index (κ3) is 6.15. The van der Waals surface area contributed by atoms with Crippen LogP contribution in [0.1, 0.15) is 27.3 Å². The molecule has 1 aliphatic heterocycles. The number of amides is 2. The predicted octanol–water partition coefficient (Wildman–Crippen LogP) is 1.86. The van der Waals surface area contributed by atoms with E-state index in [1.807, 2.05) is 0 Å². The average molecular weight is 435 g/mol. The molecular formula is C20H26N4O5S. The molecule has 0 bridgehead atoms. The maximum atomic E-state index is 12.5. The number of nitrogens with one attached hydrogen (secondary N) is 2. The fourth-order valence-corrected chi connectivity index (χ4v) is 3.65. The van der Waals surface area contributed by atoms with Crippen LogP contribution in [0.15, 0.2) is 23.6 Å². The molecule has 2 aromatic rings. The average Bonchev–Trinajstić information content (AvgIpc) is 3.25. The molecule has 0 atom stereocenters. The Balaban J connectivity index is 1.49. The molecular weight excluding hydrogens is 408 g/mol. The van der Waals surface area contributed by atoms with E-state index in [0.29, 0.717) is 28.7 Å². The second-order valence-corrected chi connectivity index (χ2v) is 7.51. The summed E-state index contributed by atoms with van der Waals surface area (Å²) in [7, 11) is 3.03. The first kappa shape index (κ1) is 22.0. The summed E-state index contributed by atoms with van der Waals surface area (Å²) >= 11 is 1.19. The Bertz CT molecular complexity index is 844. The van der Waals surface area contributed by atoms with E-state index in [2.05, 4.69) is 20.5 Å². The second kappa shape index (κ2) is 10.9. The number of morpholine rings is 1. The highest BCUT2D eigenvalue weighted by atomic mass is 32.1. The van der Waals surface area contributed by atoms with Crippen molar-refractivity contribution in [1.82, 2.24) is 15.2 Å². The van der Waals surface area contributed by atoms with Crippen LogP contribution < -0.4 is 20.1 Å². The topological polar surface area (TPSA) is 102 Å². The van der Waals surface area contributed by atoms with Crippen LogP contribution in [0.2, 0.25) is 0 Å². The molecule has 0 radical (unpaired) electrons. The number of nitrogens with zero attached hydrogens (tertiary/aromatic N) is 2. The lowest BCUT2D eigenvalue weighted by molar-refractivity contribution is 0.0374. The Morgan fingerprint density at radius 3 is 2.50 bits per heavy atom. The molecule has 0 saturated carbocycles. The number of rotatable bonds is 9. The van der Waals surface area contributed by atoms with E-state index in [1.165, 1.54) is 25.6 Å². The van der Waals surface area contributed by atoms with Crippen molar-refractivity contribution >= 4 is 28.3 Å². The number of ether oxygens (including phenoxy) is 3. The molecule has 1 aromatic carbocycles. The number of methoxy groups -OCH3 is 2. The predicted molar refractivity (Wildman–Crippen MR) is 114 cm³/mol. The van der Waals surface area contributed by atoms with Crippen LogP contribution >= 0.6 is 11.3 Å². The zero-order valence-corrected chi connectivity index (χ0v) is 17.9. The zero-order valence-electron chi connectivity index (χ0n) is 17.1. The normalized spacial score (nSPS) is 14.2. The second-order valence-electron chi connectivity index (χ2n) is 6.66. The number of benzene rings is 1. The maximum Gasteiger partial charge on any atom is 0.270 e. The Hall–Kier alpha value is -2.69. The van der Waals surface area contributed by atoms with Crippen LogP contribution in [0.4, 0.5) is 5.13 Å². The first-order valence-corrected chi connectivity index (χ1v) is 10.5. The van der Waals surface area contributed by atoms with Gasteiger partial charge in [-0.3, -0.25) is 19.8 Å². The molecule has 1 saturated heterocycles. The largest absolute Gasteiger partial charge is 0.497 e. The number of thiazole rings is 1. The van der Waals surface area contributed by atoms with Crippen LogP contribution in [0.25, 0.3) is 0 Å². The summed E-state index contributed by atoms with van der Waals surface area (Å²) in [4.78, 5) is 31.3. The van der Waals surface area contributed by atoms with Gasteiger partial charge in [0.15, 0.2) is 5.13 Å². The molecule has 2 heterocycles. The monoisotopic (exact) mass is 434 g/mol. The molecule has 0 spiro atoms. The molecule has 30 heavy (non-hydrogen) atoms. The molecule has 2 amide bonds. The van der Waals surface area contributed by atoms with Gasteiger partial charge in [-0.2, -0.15) is 0 Å². The highest BCUT2D eigenvalue weighted by Crippen LogP contribution is 2.24. The van der Waals surface area contributed by atoms with Crippen LogP contribution in [-0.2, 0) is 4.74 Å². The lowest BCUT2D eigenvalue weighted by Crippen LogP contribution is -2.38.